The van der Waals surface area contributed by atoms with Crippen molar-refractivity contribution in [3.63, 3.8) is 0 Å². The molecule has 2 saturated carbocycles. The first-order valence-corrected chi connectivity index (χ1v) is 33.9. The van der Waals surface area contributed by atoms with Gasteiger partial charge in [0, 0.05) is 50.7 Å². The lowest BCUT2D eigenvalue weighted by molar-refractivity contribution is -0.130. The van der Waals surface area contributed by atoms with E-state index in [4.69, 9.17) is 38.5 Å². The smallest absolute Gasteiger partial charge is 0.445 e. The van der Waals surface area contributed by atoms with E-state index in [0.29, 0.717) is 113 Å². The third-order valence-corrected chi connectivity index (χ3v) is 18.8. The molecule has 4 aromatic heterocycles. The van der Waals surface area contributed by atoms with Gasteiger partial charge in [0.25, 0.3) is 0 Å². The number of fused-ring (bicyclic) bond motifs is 2. The van der Waals surface area contributed by atoms with Crippen LogP contribution in [0.3, 0.4) is 0 Å². The molecule has 2 aliphatic heterocycles. The van der Waals surface area contributed by atoms with Crippen LogP contribution in [0.5, 0.6) is 0 Å². The summed E-state index contributed by atoms with van der Waals surface area (Å²) in [4.78, 5) is 82.5. The lowest BCUT2D eigenvalue weighted by Gasteiger charge is -2.32. The molecule has 484 valence electrons. The van der Waals surface area contributed by atoms with Gasteiger partial charge in [-0.3, -0.25) is 9.05 Å². The highest BCUT2D eigenvalue weighted by Crippen LogP contribution is 2.37. The molecule has 8 rings (SSSR count). The molecule has 0 unspecified atom stereocenters. The molecule has 4 aromatic rings. The number of carbonyl (C=O) groups is 2. The molecule has 40 heteroatoms. The van der Waals surface area contributed by atoms with Crippen molar-refractivity contribution in [1.29, 1.82) is 0 Å². The lowest BCUT2D eigenvalue weighted by atomic mass is 9.87. The molecule has 2 atom stereocenters. The molecular formula is C46H68F6N12O18P2S2. The molecule has 86 heavy (non-hydrogen) atoms. The van der Waals surface area contributed by atoms with Gasteiger partial charge in [0.15, 0.2) is 42.6 Å². The number of rotatable bonds is 22. The molecule has 2 aliphatic carbocycles. The molecule has 6 heterocycles. The zero-order valence-electron chi connectivity index (χ0n) is 46.5. The van der Waals surface area contributed by atoms with E-state index in [0.717, 1.165) is 9.36 Å². The van der Waals surface area contributed by atoms with Gasteiger partial charge < -0.3 is 59.0 Å². The van der Waals surface area contributed by atoms with Crippen LogP contribution in [0.1, 0.15) is 78.1 Å². The Morgan fingerprint density at radius 3 is 1.55 bits per heavy atom. The van der Waals surface area contributed by atoms with E-state index in [9.17, 15) is 61.9 Å². The summed E-state index contributed by atoms with van der Waals surface area (Å²) in [5.41, 5.74) is 0.302. The largest absolute Gasteiger partial charge is 0.469 e. The third-order valence-electron chi connectivity index (χ3n) is 14.1. The zero-order valence-corrected chi connectivity index (χ0v) is 50.0. The van der Waals surface area contributed by atoms with E-state index < -0.39 is 111 Å². The second kappa shape index (κ2) is 29.0. The fourth-order valence-electron chi connectivity index (χ4n) is 10.1. The monoisotopic (exact) mass is 1320 g/mol. The van der Waals surface area contributed by atoms with Crippen LogP contribution in [0.25, 0.3) is 22.1 Å². The standard InChI is InChI=1S/2C23H34F3N6O9PS/c1-15-13-31(7-8-39-15)20-18-12-27-21(29-19(18)32(30-20)22(33)40-9-10-41-42(34,35)36)28-17-4-2-16(3-5-17)14-43(37,38)11-6-23(24,25)26;1-15-13-31(7-8-39-15)20-18-12-27-21(29-19(18)30-32(20)22(33)40-9-10-41-42(34,35)36)28-17-4-2-16(3-5-17)14-43(37,38)11-6-23(24,25)26/h12,15-17H,2-11,13-14H2,1H3,(H,27,28,29)(H2,34,35,36);12,15-17H,2-11,13-14H2,1H3,(H,28,29,30)(H2,34,35,36)/t2*15-,16?,17?/m00/s1. The second-order valence-corrected chi connectivity index (χ2v) is 28.1. The number of hydrogen-bond donors (Lipinski definition) is 6. The highest BCUT2D eigenvalue weighted by molar-refractivity contribution is 7.91. The van der Waals surface area contributed by atoms with Crippen molar-refractivity contribution in [3.8, 4) is 0 Å². The molecule has 2 saturated heterocycles. The third kappa shape index (κ3) is 21.6. The Morgan fingerprint density at radius 2 is 1.08 bits per heavy atom. The topological polar surface area (TPSA) is 391 Å². The number of morpholine rings is 2. The van der Waals surface area contributed by atoms with Crippen LogP contribution in [0.15, 0.2) is 12.4 Å². The van der Waals surface area contributed by atoms with Crippen molar-refractivity contribution in [2.24, 2.45) is 11.8 Å². The number of hydrogen-bond acceptors (Lipinski definition) is 24. The van der Waals surface area contributed by atoms with E-state index in [1.54, 1.807) is 0 Å². The number of ether oxygens (including phenoxy) is 4. The first-order valence-electron chi connectivity index (χ1n) is 27.2. The van der Waals surface area contributed by atoms with E-state index >= 15 is 0 Å². The summed E-state index contributed by atoms with van der Waals surface area (Å²) in [5.74, 6) is -1.68. The minimum atomic E-state index is -4.74. The molecule has 0 radical (unpaired) electrons. The van der Waals surface area contributed by atoms with Crippen molar-refractivity contribution in [3.05, 3.63) is 12.4 Å². The average Bonchev–Trinajstić information content (AvgIpc) is 3.10. The Bertz CT molecular complexity index is 3280. The Balaban J connectivity index is 0.000000246. The van der Waals surface area contributed by atoms with Crippen LogP contribution in [-0.4, -0.2) is 214 Å². The van der Waals surface area contributed by atoms with Crippen LogP contribution in [0.4, 0.5) is 59.5 Å². The Hall–Kier alpha value is -5.14. The maximum Gasteiger partial charge on any atom is 0.469 e. The molecule has 30 nitrogen and oxygen atoms in total. The molecule has 4 aliphatic rings. The molecule has 0 aromatic carbocycles. The van der Waals surface area contributed by atoms with Crippen LogP contribution in [0.2, 0.25) is 0 Å². The average molecular weight is 1320 g/mol. The number of alkyl halides is 6. The zero-order chi connectivity index (χ0) is 62.8. The Morgan fingerprint density at radius 1 is 0.640 bits per heavy atom. The first-order chi connectivity index (χ1) is 40.2. The van der Waals surface area contributed by atoms with Gasteiger partial charge in [-0.2, -0.15) is 36.3 Å². The molecule has 0 spiro atoms. The summed E-state index contributed by atoms with van der Waals surface area (Å²) < 4.78 is 177. The van der Waals surface area contributed by atoms with Crippen LogP contribution < -0.4 is 20.4 Å². The van der Waals surface area contributed by atoms with Gasteiger partial charge in [-0.15, -0.1) is 19.6 Å². The highest BCUT2D eigenvalue weighted by Gasteiger charge is 2.35. The minimum absolute atomic E-state index is 0.0951. The summed E-state index contributed by atoms with van der Waals surface area (Å²) >= 11 is 0. The molecule has 6 N–H and O–H groups in total. The summed E-state index contributed by atoms with van der Waals surface area (Å²) in [6.07, 6.45) is -6.63. The summed E-state index contributed by atoms with van der Waals surface area (Å²) in [6, 6.07) is -0.244. The fraction of sp³-hybridized carbons (Fsp3) is 0.739. The molecule has 0 bridgehead atoms. The predicted molar refractivity (Wildman–Crippen MR) is 293 cm³/mol. The van der Waals surface area contributed by atoms with Gasteiger partial charge in [-0.25, -0.2) is 45.5 Å². The van der Waals surface area contributed by atoms with Crippen molar-refractivity contribution in [2.75, 3.05) is 109 Å². The van der Waals surface area contributed by atoms with E-state index in [1.807, 2.05) is 23.6 Å². The number of nitrogens with zero attached hydrogens (tertiary/aromatic N) is 10. The number of nitrogens with one attached hydrogen (secondary N) is 2. The second-order valence-electron chi connectivity index (χ2n) is 21.1. The van der Waals surface area contributed by atoms with Gasteiger partial charge >= 0.3 is 40.2 Å². The maximum atomic E-state index is 12.9. The molecule has 4 fully saturated rings. The van der Waals surface area contributed by atoms with Crippen LogP contribution in [0, 0.1) is 11.8 Å². The number of aromatic nitrogens is 8. The predicted octanol–water partition coefficient (Wildman–Crippen LogP) is 4.97. The number of phosphoric ester groups is 2. The van der Waals surface area contributed by atoms with E-state index in [2.05, 4.69) is 49.8 Å². The first kappa shape index (κ1) is 68.4. The summed E-state index contributed by atoms with van der Waals surface area (Å²) in [6.45, 7) is 4.49. The minimum Gasteiger partial charge on any atom is -0.445 e. The number of anilines is 4. The van der Waals surface area contributed by atoms with Gasteiger partial charge in [0.1, 0.15) is 13.2 Å². The van der Waals surface area contributed by atoms with Crippen molar-refractivity contribution in [1.82, 2.24) is 39.5 Å². The van der Waals surface area contributed by atoms with E-state index in [1.165, 1.54) is 12.4 Å². The van der Waals surface area contributed by atoms with Crippen LogP contribution >= 0.6 is 15.6 Å². The lowest BCUT2D eigenvalue weighted by Crippen LogP contribution is -2.42. The van der Waals surface area contributed by atoms with Crippen molar-refractivity contribution < 1.29 is 109 Å². The quantitative estimate of drug-likeness (QED) is 0.0344. The van der Waals surface area contributed by atoms with Gasteiger partial charge in [-0.1, -0.05) is 0 Å². The molecular weight excluding hydrogens is 1250 g/mol. The summed E-state index contributed by atoms with van der Waals surface area (Å²) in [7, 11) is -17.1. The maximum absolute atomic E-state index is 12.9. The molecule has 0 amide bonds. The SMILES string of the molecule is C[C@H]1CN(c2c3cnc(NC4CCC(CS(=O)(=O)CCC(F)(F)F)CC4)nc3nn2C(=O)OCCOP(=O)(O)O)CCO1.C[C@H]1CN(c2nn(C(=O)OCCOP(=O)(O)O)c3nc(NC4CCC(CS(=O)(=O)CCC(F)(F)F)CC4)ncc23)CCO1. The number of halogens is 6. The number of carbonyl (C=O) groups excluding carboxylic acids is 2. The fourth-order valence-corrected chi connectivity index (χ4v) is 14.3. The van der Waals surface area contributed by atoms with Crippen molar-refractivity contribution in [2.45, 2.75) is 115 Å². The van der Waals surface area contributed by atoms with Gasteiger partial charge in [-0.05, 0) is 77.0 Å². The Labute approximate surface area is 488 Å². The highest BCUT2D eigenvalue weighted by atomic mass is 32.2. The normalized spacial score (nSPS) is 22.1. The Kier molecular flexibility index (Phi) is 23.1. The number of phosphoric acid groups is 2. The van der Waals surface area contributed by atoms with Gasteiger partial charge in [0.2, 0.25) is 11.9 Å². The van der Waals surface area contributed by atoms with E-state index in [-0.39, 0.29) is 70.8 Å². The summed E-state index contributed by atoms with van der Waals surface area (Å²) in [5, 5.41) is 16.0. The van der Waals surface area contributed by atoms with Crippen molar-refractivity contribution >= 4 is 93.1 Å². The van der Waals surface area contributed by atoms with Gasteiger partial charge in [0.05, 0.1) is 85.3 Å². The van der Waals surface area contributed by atoms with Crippen LogP contribution in [-0.2, 0) is 56.8 Å². The number of sulfone groups is 2.